The number of para-hydroxylation sites is 1. The van der Waals surface area contributed by atoms with Crippen molar-refractivity contribution in [2.45, 2.75) is 38.3 Å². The van der Waals surface area contributed by atoms with Gasteiger partial charge in [0.15, 0.2) is 0 Å². The van der Waals surface area contributed by atoms with Gasteiger partial charge in [-0.15, -0.1) is 0 Å². The van der Waals surface area contributed by atoms with Crippen molar-refractivity contribution in [2.75, 3.05) is 25.5 Å². The normalized spacial score (nSPS) is 23.5. The zero-order valence-electron chi connectivity index (χ0n) is 14.6. The van der Waals surface area contributed by atoms with Crippen molar-refractivity contribution < 1.29 is 9.32 Å². The van der Waals surface area contributed by atoms with E-state index in [1.807, 2.05) is 29.2 Å². The minimum absolute atomic E-state index is 0.0615. The highest BCUT2D eigenvalue weighted by Crippen LogP contribution is 2.30. The molecule has 1 aromatic carbocycles. The van der Waals surface area contributed by atoms with Gasteiger partial charge in [0.2, 0.25) is 11.7 Å². The van der Waals surface area contributed by atoms with Crippen molar-refractivity contribution in [3.05, 3.63) is 30.2 Å². The number of nitrogens with zero attached hydrogens (tertiary/aromatic N) is 4. The molecular formula is C18H23N5O2. The van der Waals surface area contributed by atoms with Crippen molar-refractivity contribution in [2.24, 2.45) is 0 Å². The largest absolute Gasteiger partial charge is 0.339 e. The smallest absolute Gasteiger partial charge is 0.321 e. The third-order valence-electron chi connectivity index (χ3n) is 5.37. The average molecular weight is 341 g/mol. The number of likely N-dealkylation sites (N-methyl/N-ethyl adjacent to an activating group) is 1. The van der Waals surface area contributed by atoms with Gasteiger partial charge in [-0.3, -0.25) is 4.90 Å². The molecule has 7 heteroatoms. The second-order valence-electron chi connectivity index (χ2n) is 6.90. The number of carbonyl (C=O) groups excluding carboxylic acids is 1. The van der Waals surface area contributed by atoms with E-state index in [0.717, 1.165) is 25.1 Å². The summed E-state index contributed by atoms with van der Waals surface area (Å²) in [7, 11) is 2.18. The van der Waals surface area contributed by atoms with E-state index < -0.39 is 0 Å². The lowest BCUT2D eigenvalue weighted by atomic mass is 10.1. The highest BCUT2D eigenvalue weighted by molar-refractivity contribution is 5.93. The molecule has 0 saturated carbocycles. The number of rotatable bonds is 2. The Morgan fingerprint density at radius 2 is 2.04 bits per heavy atom. The highest BCUT2D eigenvalue weighted by atomic mass is 16.5. The van der Waals surface area contributed by atoms with Crippen molar-refractivity contribution in [1.82, 2.24) is 19.9 Å². The quantitative estimate of drug-likeness (QED) is 0.909. The van der Waals surface area contributed by atoms with Gasteiger partial charge in [0.25, 0.3) is 0 Å². The molecule has 2 aliphatic heterocycles. The van der Waals surface area contributed by atoms with Gasteiger partial charge in [0.1, 0.15) is 0 Å². The summed E-state index contributed by atoms with van der Waals surface area (Å²) in [5.41, 5.74) is 1.47. The number of carbonyl (C=O) groups is 1. The predicted octanol–water partition coefficient (Wildman–Crippen LogP) is 2.75. The summed E-state index contributed by atoms with van der Waals surface area (Å²) < 4.78 is 5.07. The maximum Gasteiger partial charge on any atom is 0.321 e. The molecule has 2 amide bonds. The van der Waals surface area contributed by atoms with E-state index >= 15 is 0 Å². The van der Waals surface area contributed by atoms with Crippen LogP contribution in [0.5, 0.6) is 0 Å². The summed E-state index contributed by atoms with van der Waals surface area (Å²) in [6, 6.07) is 8.56. The van der Waals surface area contributed by atoms with Crippen LogP contribution in [0.25, 0.3) is 11.4 Å². The van der Waals surface area contributed by atoms with Crippen LogP contribution in [-0.2, 0) is 0 Å². The molecule has 1 N–H and O–H groups in total. The van der Waals surface area contributed by atoms with E-state index in [4.69, 9.17) is 4.52 Å². The zero-order valence-corrected chi connectivity index (χ0v) is 14.6. The van der Waals surface area contributed by atoms with Crippen molar-refractivity contribution >= 4 is 11.7 Å². The number of benzene rings is 1. The molecule has 0 spiro atoms. The number of likely N-dealkylation sites (tertiary alicyclic amines) is 1. The summed E-state index contributed by atoms with van der Waals surface area (Å²) >= 11 is 0. The van der Waals surface area contributed by atoms with Crippen LogP contribution in [0.3, 0.4) is 0 Å². The maximum atomic E-state index is 12.8. The number of hydrogen-bond acceptors (Lipinski definition) is 5. The van der Waals surface area contributed by atoms with E-state index in [1.54, 1.807) is 6.92 Å². The molecule has 0 aliphatic carbocycles. The summed E-state index contributed by atoms with van der Waals surface area (Å²) in [5, 5.41) is 7.00. The summed E-state index contributed by atoms with van der Waals surface area (Å²) in [6.07, 6.45) is 3.45. The van der Waals surface area contributed by atoms with Crippen LogP contribution < -0.4 is 5.32 Å². The molecule has 1 aromatic heterocycles. The predicted molar refractivity (Wildman–Crippen MR) is 94.3 cm³/mol. The van der Waals surface area contributed by atoms with Gasteiger partial charge in [-0.05, 0) is 38.4 Å². The number of aryl methyl sites for hydroxylation is 1. The molecule has 0 radical (unpaired) electrons. The van der Waals surface area contributed by atoms with Gasteiger partial charge >= 0.3 is 6.03 Å². The number of hydrogen-bond donors (Lipinski definition) is 1. The molecule has 3 heterocycles. The van der Waals surface area contributed by atoms with E-state index in [9.17, 15) is 4.79 Å². The minimum atomic E-state index is -0.0615. The lowest BCUT2D eigenvalue weighted by Crippen LogP contribution is -2.41. The lowest BCUT2D eigenvalue weighted by Gasteiger charge is -2.26. The van der Waals surface area contributed by atoms with Crippen molar-refractivity contribution in [1.29, 1.82) is 0 Å². The monoisotopic (exact) mass is 341 g/mol. The summed E-state index contributed by atoms with van der Waals surface area (Å²) in [4.78, 5) is 21.5. The molecule has 4 rings (SSSR count). The molecule has 7 nitrogen and oxygen atoms in total. The highest BCUT2D eigenvalue weighted by Gasteiger charge is 2.36. The average Bonchev–Trinajstić information content (AvgIpc) is 3.11. The SMILES string of the molecule is Cc1nc(-c2ccccc2NC(=O)N2CCC3CCC(C2)N3C)no1. The van der Waals surface area contributed by atoms with Crippen LogP contribution in [0.2, 0.25) is 0 Å². The van der Waals surface area contributed by atoms with E-state index in [1.165, 1.54) is 12.8 Å². The number of urea groups is 1. The Balaban J connectivity index is 1.52. The van der Waals surface area contributed by atoms with Crippen LogP contribution in [-0.4, -0.2) is 58.2 Å². The summed E-state index contributed by atoms with van der Waals surface area (Å²) in [6.45, 7) is 3.32. The standard InChI is InChI=1S/C18H23N5O2/c1-12-19-17(21-25-12)15-5-3-4-6-16(15)20-18(24)23-10-9-13-7-8-14(11-23)22(13)2/h3-6,13-14H,7-11H2,1-2H3,(H,20,24). The number of amides is 2. The lowest BCUT2D eigenvalue weighted by molar-refractivity contribution is 0.200. The van der Waals surface area contributed by atoms with Gasteiger partial charge < -0.3 is 14.7 Å². The minimum Gasteiger partial charge on any atom is -0.339 e. The Kier molecular flexibility index (Phi) is 4.17. The number of anilines is 1. The number of fused-ring (bicyclic) bond motifs is 2. The van der Waals surface area contributed by atoms with Gasteiger partial charge in [-0.1, -0.05) is 17.3 Å². The van der Waals surface area contributed by atoms with Crippen molar-refractivity contribution in [3.8, 4) is 11.4 Å². The number of aromatic nitrogens is 2. The molecule has 2 saturated heterocycles. The summed E-state index contributed by atoms with van der Waals surface area (Å²) in [5.74, 6) is 0.991. The molecule has 25 heavy (non-hydrogen) atoms. The molecule has 2 bridgehead atoms. The van der Waals surface area contributed by atoms with Gasteiger partial charge in [0, 0.05) is 37.7 Å². The Morgan fingerprint density at radius 3 is 2.84 bits per heavy atom. The van der Waals surface area contributed by atoms with Crippen LogP contribution >= 0.6 is 0 Å². The first-order valence-corrected chi connectivity index (χ1v) is 8.79. The molecule has 2 fully saturated rings. The molecule has 2 atom stereocenters. The molecule has 2 aliphatic rings. The molecule has 132 valence electrons. The van der Waals surface area contributed by atoms with Gasteiger partial charge in [0.05, 0.1) is 5.69 Å². The fourth-order valence-electron chi connectivity index (χ4n) is 3.88. The van der Waals surface area contributed by atoms with Gasteiger partial charge in [-0.25, -0.2) is 4.79 Å². The Morgan fingerprint density at radius 1 is 1.24 bits per heavy atom. The fraction of sp³-hybridized carbons (Fsp3) is 0.500. The molecule has 2 aromatic rings. The number of nitrogens with one attached hydrogen (secondary N) is 1. The van der Waals surface area contributed by atoms with Crippen LogP contribution in [0.15, 0.2) is 28.8 Å². The van der Waals surface area contributed by atoms with Crippen molar-refractivity contribution in [3.63, 3.8) is 0 Å². The second-order valence-corrected chi connectivity index (χ2v) is 6.90. The first-order chi connectivity index (χ1) is 12.1. The van der Waals surface area contributed by atoms with E-state index in [2.05, 4.69) is 27.4 Å². The van der Waals surface area contributed by atoms with E-state index in [-0.39, 0.29) is 6.03 Å². The van der Waals surface area contributed by atoms with E-state index in [0.29, 0.717) is 29.5 Å². The zero-order chi connectivity index (χ0) is 17.4. The Labute approximate surface area is 147 Å². The fourth-order valence-corrected chi connectivity index (χ4v) is 3.88. The first-order valence-electron chi connectivity index (χ1n) is 8.79. The van der Waals surface area contributed by atoms with Crippen LogP contribution in [0.4, 0.5) is 10.5 Å². The maximum absolute atomic E-state index is 12.8. The third kappa shape index (κ3) is 3.11. The Bertz CT molecular complexity index is 774. The molecular weight excluding hydrogens is 318 g/mol. The second kappa shape index (κ2) is 6.48. The third-order valence-corrected chi connectivity index (χ3v) is 5.37. The topological polar surface area (TPSA) is 74.5 Å². The van der Waals surface area contributed by atoms with Gasteiger partial charge in [-0.2, -0.15) is 4.98 Å². The Hall–Kier alpha value is -2.41. The first kappa shape index (κ1) is 16.1. The van der Waals surface area contributed by atoms with Crippen LogP contribution in [0, 0.1) is 6.92 Å². The van der Waals surface area contributed by atoms with Crippen LogP contribution in [0.1, 0.15) is 25.2 Å². The molecule has 2 unspecified atom stereocenters.